The van der Waals surface area contributed by atoms with Crippen LogP contribution in [0, 0.1) is 0 Å². The van der Waals surface area contributed by atoms with E-state index in [1.807, 2.05) is 0 Å². The summed E-state index contributed by atoms with van der Waals surface area (Å²) in [5.41, 5.74) is 0. The van der Waals surface area contributed by atoms with Gasteiger partial charge in [0.2, 0.25) is 0 Å². The predicted octanol–water partition coefficient (Wildman–Crippen LogP) is 17.1. The fourth-order valence-corrected chi connectivity index (χ4v) is 8.31. The molecule has 0 bridgehead atoms. The molecule has 0 fully saturated rings. The number of hydrogen-bond donors (Lipinski definition) is 0. The van der Waals surface area contributed by atoms with Crippen molar-refractivity contribution in [2.45, 2.75) is 284 Å². The van der Waals surface area contributed by atoms with Crippen LogP contribution in [0.1, 0.15) is 278 Å². The van der Waals surface area contributed by atoms with Gasteiger partial charge in [-0.1, -0.05) is 252 Å². The van der Waals surface area contributed by atoms with Crippen molar-refractivity contribution in [2.75, 3.05) is 13.1 Å². The first-order chi connectivity index (χ1) is 24.8. The first kappa shape index (κ1) is 47.4. The lowest BCUT2D eigenvalue weighted by molar-refractivity contribution is 0.135. The van der Waals surface area contributed by atoms with Crippen LogP contribution in [0.5, 0.6) is 0 Å². The van der Waals surface area contributed by atoms with Crippen molar-refractivity contribution in [1.82, 2.24) is 9.80 Å². The Bertz CT molecular complexity index is 659. The summed E-state index contributed by atoms with van der Waals surface area (Å²) in [7, 11) is 0. The lowest BCUT2D eigenvalue weighted by Gasteiger charge is -2.33. The Labute approximate surface area is 318 Å². The second-order valence-corrected chi connectivity index (χ2v) is 16.8. The molecule has 0 aliphatic carbocycles. The quantitative estimate of drug-likeness (QED) is 0.0585. The first-order valence-corrected chi connectivity index (χ1v) is 24.0. The molecule has 1 aliphatic heterocycles. The summed E-state index contributed by atoms with van der Waals surface area (Å²) >= 11 is 0. The zero-order valence-electron chi connectivity index (χ0n) is 35.3. The molecule has 1 unspecified atom stereocenters. The van der Waals surface area contributed by atoms with Crippen LogP contribution in [-0.2, 0) is 0 Å². The molecule has 0 aromatic heterocycles. The van der Waals surface area contributed by atoms with E-state index in [-0.39, 0.29) is 0 Å². The maximum absolute atomic E-state index is 2.74. The van der Waals surface area contributed by atoms with Crippen LogP contribution in [0.2, 0.25) is 0 Å². The van der Waals surface area contributed by atoms with Gasteiger partial charge >= 0.3 is 0 Å². The molecule has 2 nitrogen and oxygen atoms in total. The zero-order valence-corrected chi connectivity index (χ0v) is 35.3. The second-order valence-electron chi connectivity index (χ2n) is 16.8. The highest BCUT2D eigenvalue weighted by molar-refractivity contribution is 4.97. The van der Waals surface area contributed by atoms with E-state index in [1.165, 1.54) is 270 Å². The number of nitrogens with zero attached hydrogens (tertiary/aromatic N) is 2. The molecule has 2 heteroatoms. The third kappa shape index (κ3) is 30.9. The molecule has 1 atom stereocenters. The van der Waals surface area contributed by atoms with Crippen molar-refractivity contribution in [3.05, 3.63) is 12.4 Å². The van der Waals surface area contributed by atoms with Gasteiger partial charge in [0, 0.05) is 25.5 Å². The minimum Gasteiger partial charge on any atom is -0.356 e. The lowest BCUT2D eigenvalue weighted by Crippen LogP contribution is -2.39. The molecule has 1 aliphatic rings. The summed E-state index contributed by atoms with van der Waals surface area (Å²) in [5, 5.41) is 0. The van der Waals surface area contributed by atoms with Crippen molar-refractivity contribution >= 4 is 0 Å². The molecular formula is C48H96N2. The first-order valence-electron chi connectivity index (χ1n) is 24.0. The van der Waals surface area contributed by atoms with E-state index in [0.29, 0.717) is 6.17 Å². The van der Waals surface area contributed by atoms with Crippen LogP contribution >= 0.6 is 0 Å². The van der Waals surface area contributed by atoms with Gasteiger partial charge < -0.3 is 9.80 Å². The Morgan fingerprint density at radius 3 is 0.700 bits per heavy atom. The molecule has 1 rings (SSSR count). The molecule has 0 N–H and O–H groups in total. The smallest absolute Gasteiger partial charge is 0.101 e. The molecule has 0 amide bonds. The summed E-state index contributed by atoms with van der Waals surface area (Å²) in [5.74, 6) is 0. The lowest BCUT2D eigenvalue weighted by atomic mass is 10.0. The van der Waals surface area contributed by atoms with Gasteiger partial charge in [-0.25, -0.2) is 0 Å². The van der Waals surface area contributed by atoms with E-state index in [2.05, 4.69) is 43.0 Å². The molecule has 1 heterocycles. The van der Waals surface area contributed by atoms with E-state index in [1.54, 1.807) is 0 Å². The predicted molar refractivity (Wildman–Crippen MR) is 228 cm³/mol. The number of rotatable bonds is 42. The van der Waals surface area contributed by atoms with Crippen molar-refractivity contribution in [3.8, 4) is 0 Å². The minimum atomic E-state index is 0.637. The van der Waals surface area contributed by atoms with Crippen molar-refractivity contribution in [3.63, 3.8) is 0 Å². The van der Waals surface area contributed by atoms with Gasteiger partial charge in [-0.3, -0.25) is 0 Å². The number of unbranched alkanes of at least 4 members (excludes halogenated alkanes) is 36. The van der Waals surface area contributed by atoms with Crippen LogP contribution in [0.25, 0.3) is 0 Å². The van der Waals surface area contributed by atoms with Crippen molar-refractivity contribution in [2.24, 2.45) is 0 Å². The van der Waals surface area contributed by atoms with E-state index < -0.39 is 0 Å². The van der Waals surface area contributed by atoms with Gasteiger partial charge in [0.15, 0.2) is 0 Å². The second kappa shape index (κ2) is 39.5. The molecular weight excluding hydrogens is 605 g/mol. The normalized spacial score (nSPS) is 14.5. The highest BCUT2D eigenvalue weighted by Gasteiger charge is 2.24. The van der Waals surface area contributed by atoms with Crippen molar-refractivity contribution in [1.29, 1.82) is 0 Å². The Morgan fingerprint density at radius 1 is 0.260 bits per heavy atom. The monoisotopic (exact) mass is 701 g/mol. The molecule has 50 heavy (non-hydrogen) atoms. The van der Waals surface area contributed by atoms with Crippen LogP contribution in [0.4, 0.5) is 0 Å². The Morgan fingerprint density at radius 2 is 0.460 bits per heavy atom. The maximum Gasteiger partial charge on any atom is 0.101 e. The maximum atomic E-state index is 2.74. The molecule has 0 spiro atoms. The van der Waals surface area contributed by atoms with Crippen LogP contribution in [0.3, 0.4) is 0 Å². The van der Waals surface area contributed by atoms with Crippen molar-refractivity contribution < 1.29 is 0 Å². The topological polar surface area (TPSA) is 6.48 Å². The summed E-state index contributed by atoms with van der Waals surface area (Å²) < 4.78 is 0. The van der Waals surface area contributed by atoms with Gasteiger partial charge in [0.1, 0.15) is 6.17 Å². The van der Waals surface area contributed by atoms with Gasteiger partial charge in [0.25, 0.3) is 0 Å². The summed E-state index contributed by atoms with van der Waals surface area (Å²) in [6, 6.07) is 0. The van der Waals surface area contributed by atoms with E-state index in [0.717, 1.165) is 0 Å². The van der Waals surface area contributed by atoms with E-state index >= 15 is 0 Å². The largest absolute Gasteiger partial charge is 0.356 e. The van der Waals surface area contributed by atoms with Gasteiger partial charge in [-0.2, -0.15) is 0 Å². The fraction of sp³-hybridized carbons (Fsp3) is 0.958. The highest BCUT2D eigenvalue weighted by Crippen LogP contribution is 2.24. The molecule has 0 radical (unpaired) electrons. The molecule has 0 saturated heterocycles. The SMILES string of the molecule is CCCCCCCCCCCCCCCCCCN1C=CN(CCCCCCCCCCC)C1CCCCCCCCCCCCCCCC. The summed E-state index contributed by atoms with van der Waals surface area (Å²) in [6.45, 7) is 9.49. The molecule has 298 valence electrons. The number of hydrogen-bond acceptors (Lipinski definition) is 2. The van der Waals surface area contributed by atoms with E-state index in [9.17, 15) is 0 Å². The molecule has 0 saturated carbocycles. The fourth-order valence-electron chi connectivity index (χ4n) is 8.31. The van der Waals surface area contributed by atoms with Gasteiger partial charge in [-0.15, -0.1) is 0 Å². The summed E-state index contributed by atoms with van der Waals surface area (Å²) in [6.07, 6.45) is 63.4. The Hall–Kier alpha value is -0.660. The van der Waals surface area contributed by atoms with Gasteiger partial charge in [0.05, 0.1) is 0 Å². The average Bonchev–Trinajstić information content (AvgIpc) is 3.51. The average molecular weight is 701 g/mol. The standard InChI is InChI=1S/C48H96N2/c1-4-7-10-13-16-19-21-23-25-26-28-30-33-36-39-42-45-50-47-46-49(44-41-38-35-32-18-15-12-9-6-3)48(50)43-40-37-34-31-29-27-24-22-20-17-14-11-8-5-2/h46-48H,4-45H2,1-3H3. The Kier molecular flexibility index (Phi) is 37.5. The summed E-state index contributed by atoms with van der Waals surface area (Å²) in [4.78, 5) is 5.47. The third-order valence-corrected chi connectivity index (χ3v) is 11.8. The molecule has 0 aromatic carbocycles. The van der Waals surface area contributed by atoms with Crippen LogP contribution in [0.15, 0.2) is 12.4 Å². The highest BCUT2D eigenvalue weighted by atomic mass is 15.4. The Balaban J connectivity index is 2.17. The third-order valence-electron chi connectivity index (χ3n) is 11.8. The minimum absolute atomic E-state index is 0.637. The van der Waals surface area contributed by atoms with Crippen LogP contribution in [-0.4, -0.2) is 29.1 Å². The zero-order chi connectivity index (χ0) is 35.8. The van der Waals surface area contributed by atoms with Gasteiger partial charge in [-0.05, 0) is 25.7 Å². The van der Waals surface area contributed by atoms with E-state index in [4.69, 9.17) is 0 Å². The van der Waals surface area contributed by atoms with Crippen LogP contribution < -0.4 is 0 Å². The molecule has 0 aromatic rings.